The maximum absolute atomic E-state index is 12.1. The summed E-state index contributed by atoms with van der Waals surface area (Å²) in [5, 5.41) is 19.7. The van der Waals surface area contributed by atoms with E-state index in [9.17, 15) is 9.90 Å². The van der Waals surface area contributed by atoms with Crippen molar-refractivity contribution in [2.24, 2.45) is 4.99 Å². The fourth-order valence-electron chi connectivity index (χ4n) is 2.92. The minimum Gasteiger partial charge on any atom is -0.388 e. The Hall–Kier alpha value is -2.13. The van der Waals surface area contributed by atoms with Crippen LogP contribution < -0.4 is 16.0 Å². The van der Waals surface area contributed by atoms with Crippen molar-refractivity contribution in [1.82, 2.24) is 16.0 Å². The summed E-state index contributed by atoms with van der Waals surface area (Å²) in [4.78, 5) is 16.7. The van der Waals surface area contributed by atoms with Gasteiger partial charge in [0.15, 0.2) is 5.96 Å². The normalized spacial score (nSPS) is 11.9. The number of halogens is 1. The number of benzene rings is 2. The van der Waals surface area contributed by atoms with Gasteiger partial charge in [-0.15, -0.1) is 24.0 Å². The highest BCUT2D eigenvalue weighted by atomic mass is 127. The highest BCUT2D eigenvalue weighted by Gasteiger charge is 2.07. The molecule has 0 fully saturated rings. The number of aliphatic imine (C=N–C) groups is 1. The molecule has 0 aromatic heterocycles. The van der Waals surface area contributed by atoms with Crippen molar-refractivity contribution < 1.29 is 9.90 Å². The van der Waals surface area contributed by atoms with E-state index in [1.54, 1.807) is 0 Å². The number of carbonyl (C=O) groups is 1. The molecule has 0 heterocycles. The second-order valence-corrected chi connectivity index (χ2v) is 7.14. The molecule has 6 nitrogen and oxygen atoms in total. The van der Waals surface area contributed by atoms with Crippen LogP contribution in [0, 0.1) is 0 Å². The summed E-state index contributed by atoms with van der Waals surface area (Å²) in [6.45, 7) is 6.69. The first-order valence-corrected chi connectivity index (χ1v) is 10.8. The highest BCUT2D eigenvalue weighted by Crippen LogP contribution is 2.14. The lowest BCUT2D eigenvalue weighted by molar-refractivity contribution is 0.0953. The van der Waals surface area contributed by atoms with Gasteiger partial charge < -0.3 is 21.1 Å². The van der Waals surface area contributed by atoms with E-state index < -0.39 is 6.10 Å². The smallest absolute Gasteiger partial charge is 0.251 e. The standard InChI is InChI=1S/C24H34N4O2.HI/c1-3-5-16-26-23(30)21-13-11-19(12-14-21)18-28-24(25-4-2)27-17-15-22(29)20-9-7-6-8-10-20;/h6-14,22,29H,3-5,15-18H2,1-2H3,(H,26,30)(H2,25,27,28);1H. The Labute approximate surface area is 203 Å². The number of unbranched alkanes of at least 4 members (excludes halogenated alkanes) is 1. The van der Waals surface area contributed by atoms with Crippen LogP contribution in [0.25, 0.3) is 0 Å². The third-order valence-corrected chi connectivity index (χ3v) is 4.69. The van der Waals surface area contributed by atoms with Crippen molar-refractivity contribution in [1.29, 1.82) is 0 Å². The van der Waals surface area contributed by atoms with E-state index in [-0.39, 0.29) is 29.9 Å². The van der Waals surface area contributed by atoms with E-state index in [4.69, 9.17) is 0 Å². The Balaban J connectivity index is 0.00000480. The number of rotatable bonds is 11. The van der Waals surface area contributed by atoms with Crippen LogP contribution in [0.3, 0.4) is 0 Å². The van der Waals surface area contributed by atoms with E-state index in [1.165, 1.54) is 0 Å². The number of guanidine groups is 1. The average molecular weight is 538 g/mol. The zero-order valence-corrected chi connectivity index (χ0v) is 20.8. The van der Waals surface area contributed by atoms with Gasteiger partial charge in [0.05, 0.1) is 12.6 Å². The van der Waals surface area contributed by atoms with Gasteiger partial charge in [0.1, 0.15) is 0 Å². The molecule has 0 aliphatic carbocycles. The largest absolute Gasteiger partial charge is 0.388 e. The Kier molecular flexibility index (Phi) is 13.6. The van der Waals surface area contributed by atoms with Gasteiger partial charge in [0.25, 0.3) is 5.91 Å². The second kappa shape index (κ2) is 15.6. The van der Waals surface area contributed by atoms with Crippen molar-refractivity contribution >= 4 is 35.8 Å². The molecule has 31 heavy (non-hydrogen) atoms. The van der Waals surface area contributed by atoms with E-state index in [2.05, 4.69) is 27.9 Å². The third-order valence-electron chi connectivity index (χ3n) is 4.69. The quantitative estimate of drug-likeness (QED) is 0.151. The van der Waals surface area contributed by atoms with Crippen LogP contribution in [0.15, 0.2) is 59.6 Å². The first kappa shape index (κ1) is 26.9. The lowest BCUT2D eigenvalue weighted by atomic mass is 10.1. The second-order valence-electron chi connectivity index (χ2n) is 7.14. The number of hydrogen-bond acceptors (Lipinski definition) is 3. The molecular weight excluding hydrogens is 503 g/mol. The summed E-state index contributed by atoms with van der Waals surface area (Å²) in [7, 11) is 0. The van der Waals surface area contributed by atoms with Crippen molar-refractivity contribution in [3.63, 3.8) is 0 Å². The number of carbonyl (C=O) groups excluding carboxylic acids is 1. The van der Waals surface area contributed by atoms with Gasteiger partial charge in [0.2, 0.25) is 0 Å². The average Bonchev–Trinajstić information content (AvgIpc) is 2.78. The van der Waals surface area contributed by atoms with E-state index in [0.717, 1.165) is 30.5 Å². The first-order chi connectivity index (χ1) is 14.6. The number of amides is 1. The number of aliphatic hydroxyl groups excluding tert-OH is 1. The lowest BCUT2D eigenvalue weighted by Gasteiger charge is -2.14. The fraction of sp³-hybridized carbons (Fsp3) is 0.417. The topological polar surface area (TPSA) is 85.8 Å². The summed E-state index contributed by atoms with van der Waals surface area (Å²) in [6.07, 6.45) is 2.14. The predicted molar refractivity (Wildman–Crippen MR) is 138 cm³/mol. The zero-order valence-electron chi connectivity index (χ0n) is 18.4. The Bertz CT molecular complexity index is 782. The number of nitrogens with one attached hydrogen (secondary N) is 3. The lowest BCUT2D eigenvalue weighted by Crippen LogP contribution is -2.38. The third kappa shape index (κ3) is 10.1. The van der Waals surface area contributed by atoms with Gasteiger partial charge in [-0.05, 0) is 43.0 Å². The molecule has 0 saturated heterocycles. The molecule has 1 atom stereocenters. The molecule has 0 bridgehead atoms. The van der Waals surface area contributed by atoms with E-state index in [1.807, 2.05) is 61.5 Å². The van der Waals surface area contributed by atoms with Gasteiger partial charge in [0, 0.05) is 25.2 Å². The summed E-state index contributed by atoms with van der Waals surface area (Å²) >= 11 is 0. The van der Waals surface area contributed by atoms with Crippen molar-refractivity contribution in [3.05, 3.63) is 71.3 Å². The Morgan fingerprint density at radius 1 is 0.968 bits per heavy atom. The molecule has 2 rings (SSSR count). The van der Waals surface area contributed by atoms with Crippen LogP contribution in [0.2, 0.25) is 0 Å². The van der Waals surface area contributed by atoms with Gasteiger partial charge in [-0.25, -0.2) is 4.99 Å². The van der Waals surface area contributed by atoms with Crippen molar-refractivity contribution in [2.75, 3.05) is 19.6 Å². The molecule has 0 radical (unpaired) electrons. The maximum Gasteiger partial charge on any atom is 0.251 e. The molecule has 1 amide bonds. The van der Waals surface area contributed by atoms with Crippen LogP contribution in [0.1, 0.15) is 60.7 Å². The minimum absolute atomic E-state index is 0. The van der Waals surface area contributed by atoms with Crippen LogP contribution in [-0.2, 0) is 6.54 Å². The molecule has 170 valence electrons. The Morgan fingerprint density at radius 3 is 2.32 bits per heavy atom. The van der Waals surface area contributed by atoms with Crippen LogP contribution in [-0.4, -0.2) is 36.6 Å². The van der Waals surface area contributed by atoms with Crippen molar-refractivity contribution in [2.45, 2.75) is 45.8 Å². The number of aliphatic hydroxyl groups is 1. The summed E-state index contributed by atoms with van der Waals surface area (Å²) < 4.78 is 0. The monoisotopic (exact) mass is 538 g/mol. The van der Waals surface area contributed by atoms with Gasteiger partial charge in [-0.3, -0.25) is 4.79 Å². The molecule has 7 heteroatoms. The molecule has 4 N–H and O–H groups in total. The number of hydrogen-bond donors (Lipinski definition) is 4. The SMILES string of the molecule is CCCCNC(=O)c1ccc(CN=C(NCC)NCCC(O)c2ccccc2)cc1.I. The fourth-order valence-corrected chi connectivity index (χ4v) is 2.92. The zero-order chi connectivity index (χ0) is 21.6. The molecule has 0 aliphatic heterocycles. The maximum atomic E-state index is 12.1. The molecule has 0 aliphatic rings. The minimum atomic E-state index is -0.502. The molecule has 0 spiro atoms. The highest BCUT2D eigenvalue weighted by molar-refractivity contribution is 14.0. The van der Waals surface area contributed by atoms with Gasteiger partial charge in [-0.2, -0.15) is 0 Å². The summed E-state index contributed by atoms with van der Waals surface area (Å²) in [5.41, 5.74) is 2.61. The van der Waals surface area contributed by atoms with Crippen LogP contribution in [0.5, 0.6) is 0 Å². The summed E-state index contributed by atoms with van der Waals surface area (Å²) in [6, 6.07) is 17.2. The number of nitrogens with zero attached hydrogens (tertiary/aromatic N) is 1. The van der Waals surface area contributed by atoms with E-state index >= 15 is 0 Å². The molecule has 0 saturated carbocycles. The van der Waals surface area contributed by atoms with Gasteiger partial charge in [-0.1, -0.05) is 55.8 Å². The molecule has 2 aromatic rings. The van der Waals surface area contributed by atoms with Gasteiger partial charge >= 0.3 is 0 Å². The summed E-state index contributed by atoms with van der Waals surface area (Å²) in [5.74, 6) is 0.671. The van der Waals surface area contributed by atoms with Crippen LogP contribution in [0.4, 0.5) is 0 Å². The first-order valence-electron chi connectivity index (χ1n) is 10.8. The van der Waals surface area contributed by atoms with E-state index in [0.29, 0.717) is 37.6 Å². The Morgan fingerprint density at radius 2 is 1.68 bits per heavy atom. The molecule has 1 unspecified atom stereocenters. The molecular formula is C24H35IN4O2. The predicted octanol–water partition coefficient (Wildman–Crippen LogP) is 4.01. The van der Waals surface area contributed by atoms with Crippen molar-refractivity contribution in [3.8, 4) is 0 Å². The molecule has 2 aromatic carbocycles. The van der Waals surface area contributed by atoms with Crippen LogP contribution >= 0.6 is 24.0 Å².